The van der Waals surface area contributed by atoms with E-state index < -0.39 is 0 Å². The van der Waals surface area contributed by atoms with Crippen molar-refractivity contribution >= 4 is 0 Å². The van der Waals surface area contributed by atoms with Gasteiger partial charge in [-0.05, 0) is 282 Å². The summed E-state index contributed by atoms with van der Waals surface area (Å²) >= 11 is 0. The average molecular weight is 1480 g/mol. The first-order valence-electron chi connectivity index (χ1n) is 44.7. The molecule has 2 aliphatic rings. The highest BCUT2D eigenvalue weighted by molar-refractivity contribution is 5.62. The van der Waals surface area contributed by atoms with Gasteiger partial charge in [0.15, 0.2) is 12.6 Å². The van der Waals surface area contributed by atoms with Gasteiger partial charge in [0, 0.05) is 68.5 Å². The van der Waals surface area contributed by atoms with Gasteiger partial charge in [-0.2, -0.15) is 0 Å². The number of benzene rings is 6. The molecule has 0 aliphatic carbocycles. The fourth-order valence-electron chi connectivity index (χ4n) is 15.2. The van der Waals surface area contributed by atoms with Crippen molar-refractivity contribution in [3.63, 3.8) is 0 Å². The van der Waals surface area contributed by atoms with E-state index in [0.29, 0.717) is 0 Å². The standard InChI is InChI=1S/C106H138O4/c1-9-17-25-33-47-87-79-99(67-69-101-83-93(51-37-29-21-13-5)97(81-95(101)53-39-31-23-15-7)65-59-85-61-71-103(72-62-85)109-105-57-43-45-75-107-105)91(49-35-27-19-11-3)77-89(87)55-41-42-56-90-78-92(50-36-28-20-12-4)100(80-88(90)48-34-26-18-10-2)68-70-102-84-94(52-38-30-22-14-6)98(82-96(102)54-40-32-24-16-8)66-60-86-63-73-104(74-64-86)110-106-58-44-46-76-108-106/h61-64,71-74,77-84,105-106H,9-40,43-54,57-58,75-76H2,1-8H3. The van der Waals surface area contributed by atoms with Crippen molar-refractivity contribution in [3.8, 4) is 82.5 Å². The Bertz CT molecular complexity index is 3810. The Morgan fingerprint density at radius 2 is 0.455 bits per heavy atom. The van der Waals surface area contributed by atoms with Crippen molar-refractivity contribution in [2.75, 3.05) is 13.2 Å². The van der Waals surface area contributed by atoms with Gasteiger partial charge in [-0.15, -0.1) is 0 Å². The number of unbranched alkanes of at least 4 members (excludes halogenated alkanes) is 24. The van der Waals surface area contributed by atoms with Gasteiger partial charge in [0.25, 0.3) is 0 Å². The highest BCUT2D eigenvalue weighted by Gasteiger charge is 2.19. The molecule has 2 unspecified atom stereocenters. The van der Waals surface area contributed by atoms with Crippen molar-refractivity contribution in [3.05, 3.63) is 197 Å². The summed E-state index contributed by atoms with van der Waals surface area (Å²) in [4.78, 5) is 0. The van der Waals surface area contributed by atoms with E-state index >= 15 is 0 Å². The maximum Gasteiger partial charge on any atom is 0.199 e. The SMILES string of the molecule is CCCCCCc1cc(C#Cc2cc(CCCCCC)c(C#Cc3ccc(OC4CCCCO4)cc3)cc2CCCCCC)c(CCCCCC)cc1C#CC#Cc1cc(CCCCCC)c(C#Cc2cc(CCCCCC)c(C#Cc3ccc(OC4CCCCO4)cc3)cc2CCCCCC)cc1CCCCCC. The maximum atomic E-state index is 6.20. The first-order chi connectivity index (χ1) is 54.2. The molecule has 4 heteroatoms. The fourth-order valence-corrected chi connectivity index (χ4v) is 15.2. The summed E-state index contributed by atoms with van der Waals surface area (Å²) in [5.41, 5.74) is 21.5. The number of ether oxygens (including phenoxy) is 4. The van der Waals surface area contributed by atoms with Crippen LogP contribution in [0.3, 0.4) is 0 Å². The molecule has 6 aromatic carbocycles. The van der Waals surface area contributed by atoms with Crippen LogP contribution in [0.15, 0.2) is 97.1 Å². The third-order valence-corrected chi connectivity index (χ3v) is 22.0. The molecule has 0 saturated carbocycles. The lowest BCUT2D eigenvalue weighted by molar-refractivity contribution is -0.106. The molecule has 4 nitrogen and oxygen atoms in total. The second-order valence-corrected chi connectivity index (χ2v) is 31.5. The molecule has 2 heterocycles. The van der Waals surface area contributed by atoms with Gasteiger partial charge in [0.2, 0.25) is 0 Å². The van der Waals surface area contributed by atoms with Crippen LogP contribution in [-0.2, 0) is 60.8 Å². The zero-order chi connectivity index (χ0) is 77.3. The van der Waals surface area contributed by atoms with Crippen molar-refractivity contribution < 1.29 is 18.9 Å². The molecular weight excluding hydrogens is 1340 g/mol. The van der Waals surface area contributed by atoms with E-state index in [1.54, 1.807) is 0 Å². The summed E-state index contributed by atoms with van der Waals surface area (Å²) in [6.45, 7) is 20.0. The van der Waals surface area contributed by atoms with Crippen LogP contribution in [0.4, 0.5) is 0 Å². The predicted molar refractivity (Wildman–Crippen MR) is 468 cm³/mol. The summed E-state index contributed by atoms with van der Waals surface area (Å²) in [5.74, 6) is 46.4. The summed E-state index contributed by atoms with van der Waals surface area (Å²) in [5, 5.41) is 0. The lowest BCUT2D eigenvalue weighted by atomic mass is 9.90. The van der Waals surface area contributed by atoms with Crippen molar-refractivity contribution in [1.29, 1.82) is 0 Å². The van der Waals surface area contributed by atoms with E-state index in [9.17, 15) is 0 Å². The molecule has 8 rings (SSSR count). The molecule has 2 fully saturated rings. The van der Waals surface area contributed by atoms with E-state index in [1.807, 2.05) is 24.3 Å². The smallest absolute Gasteiger partial charge is 0.199 e. The Labute approximate surface area is 671 Å². The van der Waals surface area contributed by atoms with Crippen molar-refractivity contribution in [2.24, 2.45) is 0 Å². The number of hydrogen-bond donors (Lipinski definition) is 0. The summed E-state index contributed by atoms with van der Waals surface area (Å²) in [7, 11) is 0. The van der Waals surface area contributed by atoms with Gasteiger partial charge < -0.3 is 18.9 Å². The monoisotopic (exact) mass is 1480 g/mol. The zero-order valence-corrected chi connectivity index (χ0v) is 70.0. The van der Waals surface area contributed by atoms with E-state index in [4.69, 9.17) is 18.9 Å². The van der Waals surface area contributed by atoms with Gasteiger partial charge in [-0.25, -0.2) is 0 Å². The van der Waals surface area contributed by atoms with E-state index in [1.165, 1.54) is 199 Å². The second-order valence-electron chi connectivity index (χ2n) is 31.5. The Morgan fingerprint density at radius 3 is 0.655 bits per heavy atom. The quantitative estimate of drug-likeness (QED) is 0.0282. The van der Waals surface area contributed by atoms with Gasteiger partial charge in [-0.3, -0.25) is 0 Å². The molecule has 0 radical (unpaired) electrons. The number of aryl methyl sites for hydroxylation is 8. The summed E-state index contributed by atoms with van der Waals surface area (Å²) < 4.78 is 24.1. The Morgan fingerprint density at radius 1 is 0.245 bits per heavy atom. The number of rotatable bonds is 44. The average Bonchev–Trinajstić information content (AvgIpc) is 0.824. The Hall–Kier alpha value is -7.80. The van der Waals surface area contributed by atoms with E-state index in [-0.39, 0.29) is 12.6 Å². The van der Waals surface area contributed by atoms with Gasteiger partial charge in [0.1, 0.15) is 11.5 Å². The minimum absolute atomic E-state index is 0.169. The van der Waals surface area contributed by atoms with Crippen LogP contribution < -0.4 is 9.47 Å². The minimum Gasteiger partial charge on any atom is -0.465 e. The van der Waals surface area contributed by atoms with Gasteiger partial charge in [0.05, 0.1) is 13.2 Å². The molecule has 2 saturated heterocycles. The van der Waals surface area contributed by atoms with E-state index in [0.717, 1.165) is 222 Å². The molecule has 0 amide bonds. The van der Waals surface area contributed by atoms with Crippen LogP contribution in [0.5, 0.6) is 11.5 Å². The lowest BCUT2D eigenvalue weighted by Gasteiger charge is -2.23. The molecule has 586 valence electrons. The molecule has 0 bridgehead atoms. The van der Waals surface area contributed by atoms with Crippen molar-refractivity contribution in [2.45, 2.75) is 363 Å². The molecule has 2 atom stereocenters. The molecule has 0 spiro atoms. The van der Waals surface area contributed by atoms with Crippen LogP contribution in [-0.4, -0.2) is 25.8 Å². The first-order valence-corrected chi connectivity index (χ1v) is 44.7. The Balaban J connectivity index is 1.18. The molecule has 6 aromatic rings. The van der Waals surface area contributed by atoms with Crippen LogP contribution in [0.2, 0.25) is 0 Å². The summed E-state index contributed by atoms with van der Waals surface area (Å²) in [6, 6.07) is 35.9. The van der Waals surface area contributed by atoms with Crippen LogP contribution in [0.1, 0.15) is 400 Å². The Kier molecular flexibility index (Phi) is 42.4. The highest BCUT2D eigenvalue weighted by Crippen LogP contribution is 2.30. The second kappa shape index (κ2) is 53.2. The fraction of sp³-hybridized carbons (Fsp3) is 0.547. The molecule has 110 heavy (non-hydrogen) atoms. The summed E-state index contributed by atoms with van der Waals surface area (Å²) in [6.07, 6.45) is 52.1. The molecule has 0 N–H and O–H groups in total. The zero-order valence-electron chi connectivity index (χ0n) is 70.0. The molecule has 2 aliphatic heterocycles. The third-order valence-electron chi connectivity index (χ3n) is 22.0. The van der Waals surface area contributed by atoms with E-state index in [2.05, 4.69) is 199 Å². The molecular formula is C106H138O4. The predicted octanol–water partition coefficient (Wildman–Crippen LogP) is 27.5. The van der Waals surface area contributed by atoms with Crippen LogP contribution in [0, 0.1) is 71.0 Å². The van der Waals surface area contributed by atoms with Gasteiger partial charge >= 0.3 is 0 Å². The topological polar surface area (TPSA) is 36.9 Å². The third kappa shape index (κ3) is 32.1. The van der Waals surface area contributed by atoms with Crippen LogP contribution >= 0.6 is 0 Å². The minimum atomic E-state index is -0.169. The molecule has 0 aromatic heterocycles. The first kappa shape index (κ1) is 87.8. The normalized spacial score (nSPS) is 13.7. The van der Waals surface area contributed by atoms with Crippen LogP contribution in [0.25, 0.3) is 0 Å². The number of hydrogen-bond acceptors (Lipinski definition) is 4. The van der Waals surface area contributed by atoms with Gasteiger partial charge in [-0.1, -0.05) is 269 Å². The maximum absolute atomic E-state index is 6.20. The highest BCUT2D eigenvalue weighted by atomic mass is 16.7. The lowest BCUT2D eigenvalue weighted by Crippen LogP contribution is -2.24. The van der Waals surface area contributed by atoms with Crippen molar-refractivity contribution in [1.82, 2.24) is 0 Å². The largest absolute Gasteiger partial charge is 0.465 e.